The highest BCUT2D eigenvalue weighted by Gasteiger charge is 2.41. The summed E-state index contributed by atoms with van der Waals surface area (Å²) in [5, 5.41) is 0. The van der Waals surface area contributed by atoms with Crippen LogP contribution in [-0.2, 0) is 27.9 Å². The first-order valence-corrected chi connectivity index (χ1v) is 10.5. The minimum Gasteiger partial charge on any atom is -0.464 e. The van der Waals surface area contributed by atoms with Crippen molar-refractivity contribution in [2.75, 3.05) is 20.3 Å². The molecule has 0 aliphatic carbocycles. The molecule has 1 amide bonds. The van der Waals surface area contributed by atoms with Gasteiger partial charge in [-0.2, -0.15) is 0 Å². The molecule has 1 rings (SSSR count). The summed E-state index contributed by atoms with van der Waals surface area (Å²) in [6.45, 7) is 5.92. The van der Waals surface area contributed by atoms with Gasteiger partial charge in [-0.25, -0.2) is 4.79 Å². The first-order valence-electron chi connectivity index (χ1n) is 8.87. The van der Waals surface area contributed by atoms with Crippen LogP contribution in [0, 0.1) is 0 Å². The van der Waals surface area contributed by atoms with Gasteiger partial charge in [-0.05, 0) is 33.1 Å². The fourth-order valence-electron chi connectivity index (χ4n) is 2.84. The Hall–Kier alpha value is -0.950. The minimum absolute atomic E-state index is 0.259. The lowest BCUT2D eigenvalue weighted by Gasteiger charge is -2.29. The highest BCUT2D eigenvalue weighted by Crippen LogP contribution is 2.53. The molecule has 2 N–H and O–H groups in total. The minimum atomic E-state index is -3.61. The number of amides is 1. The summed E-state index contributed by atoms with van der Waals surface area (Å²) >= 11 is 0. The predicted molar refractivity (Wildman–Crippen MR) is 94.0 cm³/mol. The summed E-state index contributed by atoms with van der Waals surface area (Å²) in [5.74, 6) is -1.61. The summed E-state index contributed by atoms with van der Waals surface area (Å²) in [6.07, 6.45) is 2.42. The molecule has 146 valence electrons. The molecular weight excluding hydrogens is 347 g/mol. The Morgan fingerprint density at radius 3 is 2.60 bits per heavy atom. The Morgan fingerprint density at radius 1 is 1.36 bits per heavy atom. The number of hydrogen-bond acceptors (Lipinski definition) is 7. The highest BCUT2D eigenvalue weighted by atomic mass is 31.2. The zero-order valence-corrected chi connectivity index (χ0v) is 16.5. The molecule has 0 bridgehead atoms. The second kappa shape index (κ2) is 10.3. The molecule has 9 heteroatoms. The molecule has 0 aromatic carbocycles. The smallest absolute Gasteiger partial charge is 0.347 e. The van der Waals surface area contributed by atoms with Gasteiger partial charge in [0, 0.05) is 13.7 Å². The maximum Gasteiger partial charge on any atom is 0.347 e. The number of nitrogens with two attached hydrogens (primary N) is 1. The third kappa shape index (κ3) is 5.78. The van der Waals surface area contributed by atoms with E-state index in [1.165, 1.54) is 18.9 Å². The number of esters is 1. The summed E-state index contributed by atoms with van der Waals surface area (Å²) < 4.78 is 28.3. The van der Waals surface area contributed by atoms with Crippen LogP contribution in [0.2, 0.25) is 0 Å². The van der Waals surface area contributed by atoms with Gasteiger partial charge in [0.05, 0.1) is 6.61 Å². The molecule has 0 saturated carbocycles. The molecule has 1 aliphatic heterocycles. The summed E-state index contributed by atoms with van der Waals surface area (Å²) in [6, 6.07) is -0.616. The van der Waals surface area contributed by atoms with Crippen molar-refractivity contribution in [2.45, 2.75) is 70.8 Å². The van der Waals surface area contributed by atoms with Gasteiger partial charge in [0.1, 0.15) is 17.9 Å². The number of hydrogen-bond donors (Lipinski definition) is 1. The van der Waals surface area contributed by atoms with E-state index < -0.39 is 37.4 Å². The second-order valence-electron chi connectivity index (χ2n) is 6.12. The Labute approximate surface area is 149 Å². The quantitative estimate of drug-likeness (QED) is 0.459. The van der Waals surface area contributed by atoms with Crippen molar-refractivity contribution in [2.24, 2.45) is 5.73 Å². The maximum absolute atomic E-state index is 12.8. The van der Waals surface area contributed by atoms with E-state index >= 15 is 0 Å². The average Bonchev–Trinajstić information content (AvgIpc) is 3.08. The van der Waals surface area contributed by atoms with E-state index in [4.69, 9.17) is 19.5 Å². The van der Waals surface area contributed by atoms with Gasteiger partial charge in [-0.15, -0.1) is 0 Å². The number of likely N-dealkylation sites (tertiary alicyclic amines) is 1. The fraction of sp³-hybridized carbons (Fsp3) is 0.875. The van der Waals surface area contributed by atoms with E-state index in [2.05, 4.69) is 0 Å². The number of unbranched alkanes of at least 4 members (excludes halogenated alkanes) is 1. The first-order chi connectivity index (χ1) is 11.8. The van der Waals surface area contributed by atoms with Gasteiger partial charge in [0.15, 0.2) is 0 Å². The van der Waals surface area contributed by atoms with E-state index in [0.717, 1.165) is 12.8 Å². The van der Waals surface area contributed by atoms with Crippen LogP contribution in [-0.4, -0.2) is 55.0 Å². The summed E-state index contributed by atoms with van der Waals surface area (Å²) in [4.78, 5) is 26.1. The molecule has 8 nitrogen and oxygen atoms in total. The lowest BCUT2D eigenvalue weighted by atomic mass is 10.2. The van der Waals surface area contributed by atoms with Crippen LogP contribution in [0.1, 0.15) is 52.9 Å². The van der Waals surface area contributed by atoms with Crippen LogP contribution >= 0.6 is 7.60 Å². The van der Waals surface area contributed by atoms with E-state index in [-0.39, 0.29) is 6.61 Å². The van der Waals surface area contributed by atoms with E-state index in [1.54, 1.807) is 6.92 Å². The molecule has 0 radical (unpaired) electrons. The third-order valence-corrected chi connectivity index (χ3v) is 6.45. The Kier molecular flexibility index (Phi) is 9.07. The average molecular weight is 378 g/mol. The molecule has 0 aromatic heterocycles. The van der Waals surface area contributed by atoms with Gasteiger partial charge >= 0.3 is 13.6 Å². The largest absolute Gasteiger partial charge is 0.464 e. The number of nitrogens with zero attached hydrogens (tertiary/aromatic N) is 1. The topological polar surface area (TPSA) is 108 Å². The van der Waals surface area contributed by atoms with E-state index in [0.29, 0.717) is 25.8 Å². The fourth-order valence-corrected chi connectivity index (χ4v) is 4.38. The van der Waals surface area contributed by atoms with Crippen molar-refractivity contribution in [3.63, 3.8) is 0 Å². The molecule has 1 aliphatic rings. The molecule has 0 spiro atoms. The van der Waals surface area contributed by atoms with E-state index in [1.807, 2.05) is 6.92 Å². The van der Waals surface area contributed by atoms with Crippen LogP contribution in [0.3, 0.4) is 0 Å². The number of rotatable bonds is 10. The number of carbonyl (C=O) groups excluding carboxylic acids is 2. The van der Waals surface area contributed by atoms with Gasteiger partial charge in [0.25, 0.3) is 5.91 Å². The SMILES string of the molecule is CCCCC(N)P(=O)(OC)O[C@@H](C)C(=O)N1CCC[C@H]1C(=O)OCC. The van der Waals surface area contributed by atoms with Crippen LogP contribution in [0.25, 0.3) is 0 Å². The lowest BCUT2D eigenvalue weighted by molar-refractivity contribution is -0.155. The Morgan fingerprint density at radius 2 is 2.04 bits per heavy atom. The van der Waals surface area contributed by atoms with Crippen LogP contribution < -0.4 is 5.73 Å². The standard InChI is InChI=1S/C16H31N2O6P/c1-5-7-10-14(17)25(21,22-4)24-12(3)15(19)18-11-8-9-13(18)16(20)23-6-2/h12-14H,5-11,17H2,1-4H3/t12-,13-,14?,25?/m0/s1. The molecule has 2 unspecified atom stereocenters. The third-order valence-electron chi connectivity index (χ3n) is 4.26. The van der Waals surface area contributed by atoms with Crippen molar-refractivity contribution < 1.29 is 27.9 Å². The summed E-state index contributed by atoms with van der Waals surface area (Å²) in [7, 11) is -2.35. The van der Waals surface area contributed by atoms with Crippen LogP contribution in [0.4, 0.5) is 0 Å². The van der Waals surface area contributed by atoms with E-state index in [9.17, 15) is 14.2 Å². The van der Waals surface area contributed by atoms with Crippen molar-refractivity contribution in [3.05, 3.63) is 0 Å². The zero-order chi connectivity index (χ0) is 19.0. The molecule has 0 aromatic rings. The number of carbonyl (C=O) groups is 2. The van der Waals surface area contributed by atoms with Crippen molar-refractivity contribution in [3.8, 4) is 0 Å². The van der Waals surface area contributed by atoms with Gasteiger partial charge in [-0.1, -0.05) is 19.8 Å². The maximum atomic E-state index is 12.8. The molecule has 1 heterocycles. The van der Waals surface area contributed by atoms with Gasteiger partial charge in [-0.3, -0.25) is 13.9 Å². The lowest BCUT2D eigenvalue weighted by Crippen LogP contribution is -2.46. The normalized spacial score (nSPS) is 22.3. The first kappa shape index (κ1) is 22.1. The molecule has 1 fully saturated rings. The Balaban J connectivity index is 2.77. The van der Waals surface area contributed by atoms with Crippen molar-refractivity contribution >= 4 is 19.5 Å². The molecule has 1 saturated heterocycles. The predicted octanol–water partition coefficient (Wildman–Crippen LogP) is 2.26. The highest BCUT2D eigenvalue weighted by molar-refractivity contribution is 7.54. The monoisotopic (exact) mass is 378 g/mol. The zero-order valence-electron chi connectivity index (χ0n) is 15.6. The van der Waals surface area contributed by atoms with Gasteiger partial charge in [0.2, 0.25) is 0 Å². The van der Waals surface area contributed by atoms with Crippen LogP contribution in [0.5, 0.6) is 0 Å². The molecular formula is C16H31N2O6P. The van der Waals surface area contributed by atoms with Gasteiger partial charge < -0.3 is 19.9 Å². The summed E-state index contributed by atoms with van der Waals surface area (Å²) in [5.41, 5.74) is 5.95. The second-order valence-corrected chi connectivity index (χ2v) is 8.44. The molecule has 25 heavy (non-hydrogen) atoms. The van der Waals surface area contributed by atoms with Crippen molar-refractivity contribution in [1.29, 1.82) is 0 Å². The molecule has 4 atom stereocenters. The van der Waals surface area contributed by atoms with Crippen LogP contribution in [0.15, 0.2) is 0 Å². The van der Waals surface area contributed by atoms with Crippen molar-refractivity contribution in [1.82, 2.24) is 4.90 Å². The Bertz CT molecular complexity index is 501. The number of ether oxygens (including phenoxy) is 1.